The Kier molecular flexibility index (Phi) is 4.23. The number of nitrogen functional groups attached to an aromatic ring is 1. The lowest BCUT2D eigenvalue weighted by atomic mass is 10.1. The van der Waals surface area contributed by atoms with Crippen molar-refractivity contribution in [1.29, 1.82) is 0 Å². The van der Waals surface area contributed by atoms with Gasteiger partial charge in [0.05, 0.1) is 10.5 Å². The molecule has 0 atom stereocenters. The number of nitrogens with zero attached hydrogens (tertiary/aromatic N) is 1. The lowest BCUT2D eigenvalue weighted by molar-refractivity contribution is -0.384. The molecular formula is C14H12BrN3O3. The van der Waals surface area contributed by atoms with Crippen molar-refractivity contribution in [2.75, 3.05) is 11.1 Å². The number of nitrogens with two attached hydrogens (primary N) is 1. The summed E-state index contributed by atoms with van der Waals surface area (Å²) in [6, 6.07) is 9.16. The van der Waals surface area contributed by atoms with Crippen molar-refractivity contribution in [3.63, 3.8) is 0 Å². The van der Waals surface area contributed by atoms with Crippen molar-refractivity contribution in [3.8, 4) is 0 Å². The van der Waals surface area contributed by atoms with Gasteiger partial charge in [-0.1, -0.05) is 15.9 Å². The molecule has 2 aromatic carbocycles. The van der Waals surface area contributed by atoms with E-state index in [4.69, 9.17) is 5.73 Å². The zero-order chi connectivity index (χ0) is 15.6. The standard InChI is InChI=1S/C14H12BrN3O3/c1-8-6-9(15)2-5-13(8)17-14(19)11-7-10(18(20)21)3-4-12(11)16/h2-7H,16H2,1H3,(H,17,19). The highest BCUT2D eigenvalue weighted by Crippen LogP contribution is 2.23. The van der Waals surface area contributed by atoms with E-state index < -0.39 is 10.8 Å². The lowest BCUT2D eigenvalue weighted by Crippen LogP contribution is -2.15. The molecule has 0 aliphatic rings. The van der Waals surface area contributed by atoms with Gasteiger partial charge in [-0.15, -0.1) is 0 Å². The first kappa shape index (κ1) is 15.0. The van der Waals surface area contributed by atoms with Crippen molar-refractivity contribution in [3.05, 3.63) is 62.1 Å². The third kappa shape index (κ3) is 3.38. The second kappa shape index (κ2) is 5.92. The summed E-state index contributed by atoms with van der Waals surface area (Å²) in [5, 5.41) is 13.5. The molecule has 0 aliphatic carbocycles. The average molecular weight is 350 g/mol. The van der Waals surface area contributed by atoms with E-state index in [1.165, 1.54) is 18.2 Å². The number of anilines is 2. The van der Waals surface area contributed by atoms with Crippen molar-refractivity contribution >= 4 is 38.9 Å². The SMILES string of the molecule is Cc1cc(Br)ccc1NC(=O)c1cc([N+](=O)[O-])ccc1N. The van der Waals surface area contributed by atoms with Gasteiger partial charge in [0.1, 0.15) is 0 Å². The smallest absolute Gasteiger partial charge is 0.270 e. The Morgan fingerprint density at radius 2 is 2.00 bits per heavy atom. The van der Waals surface area contributed by atoms with Crippen molar-refractivity contribution < 1.29 is 9.72 Å². The number of nitrogens with one attached hydrogen (secondary N) is 1. The summed E-state index contributed by atoms with van der Waals surface area (Å²) in [7, 11) is 0. The summed E-state index contributed by atoms with van der Waals surface area (Å²) >= 11 is 3.34. The number of carbonyl (C=O) groups is 1. The number of hydrogen-bond acceptors (Lipinski definition) is 4. The number of nitro groups is 1. The van der Waals surface area contributed by atoms with E-state index in [2.05, 4.69) is 21.2 Å². The molecule has 108 valence electrons. The highest BCUT2D eigenvalue weighted by Gasteiger charge is 2.16. The van der Waals surface area contributed by atoms with E-state index >= 15 is 0 Å². The van der Waals surface area contributed by atoms with Gasteiger partial charge in [0.2, 0.25) is 0 Å². The minimum atomic E-state index is -0.568. The minimum absolute atomic E-state index is 0.0755. The van der Waals surface area contributed by atoms with Crippen LogP contribution in [0.25, 0.3) is 0 Å². The molecule has 0 spiro atoms. The van der Waals surface area contributed by atoms with E-state index in [0.717, 1.165) is 10.0 Å². The van der Waals surface area contributed by atoms with Gasteiger partial charge in [-0.05, 0) is 36.8 Å². The van der Waals surface area contributed by atoms with Crippen molar-refractivity contribution in [2.24, 2.45) is 0 Å². The van der Waals surface area contributed by atoms with Crippen LogP contribution < -0.4 is 11.1 Å². The van der Waals surface area contributed by atoms with Crippen LogP contribution in [0.15, 0.2) is 40.9 Å². The molecule has 0 unspecified atom stereocenters. The molecule has 1 amide bonds. The molecule has 0 saturated carbocycles. The molecule has 21 heavy (non-hydrogen) atoms. The second-order valence-electron chi connectivity index (χ2n) is 4.44. The molecule has 0 aromatic heterocycles. The van der Waals surface area contributed by atoms with Gasteiger partial charge in [0, 0.05) is 28.0 Å². The Morgan fingerprint density at radius 3 is 2.62 bits per heavy atom. The molecule has 2 aromatic rings. The number of amides is 1. The van der Waals surface area contributed by atoms with Crippen LogP contribution in [0.4, 0.5) is 17.1 Å². The molecule has 6 nitrogen and oxygen atoms in total. The maximum Gasteiger partial charge on any atom is 0.270 e. The van der Waals surface area contributed by atoms with E-state index in [1.54, 1.807) is 12.1 Å². The largest absolute Gasteiger partial charge is 0.398 e. The van der Waals surface area contributed by atoms with Crippen LogP contribution in [-0.2, 0) is 0 Å². The third-order valence-electron chi connectivity index (χ3n) is 2.93. The number of nitro benzene ring substituents is 1. The predicted octanol–water partition coefficient (Wildman–Crippen LogP) is 3.50. The van der Waals surface area contributed by atoms with Gasteiger partial charge in [0.25, 0.3) is 11.6 Å². The van der Waals surface area contributed by atoms with Gasteiger partial charge in [-0.2, -0.15) is 0 Å². The summed E-state index contributed by atoms with van der Waals surface area (Å²) in [6.45, 7) is 1.84. The Hall–Kier alpha value is -2.41. The first-order chi connectivity index (χ1) is 9.88. The molecule has 0 bridgehead atoms. The minimum Gasteiger partial charge on any atom is -0.398 e. The van der Waals surface area contributed by atoms with E-state index in [0.29, 0.717) is 5.69 Å². The fourth-order valence-corrected chi connectivity index (χ4v) is 2.29. The molecule has 2 rings (SSSR count). The summed E-state index contributed by atoms with van der Waals surface area (Å²) in [5.74, 6) is -0.485. The predicted molar refractivity (Wildman–Crippen MR) is 84.3 cm³/mol. The average Bonchev–Trinajstić information content (AvgIpc) is 2.42. The van der Waals surface area contributed by atoms with E-state index in [9.17, 15) is 14.9 Å². The van der Waals surface area contributed by atoms with Gasteiger partial charge in [-0.3, -0.25) is 14.9 Å². The Morgan fingerprint density at radius 1 is 1.29 bits per heavy atom. The van der Waals surface area contributed by atoms with Crippen LogP contribution in [0, 0.1) is 17.0 Å². The number of halogens is 1. The molecule has 0 fully saturated rings. The molecule has 0 radical (unpaired) electrons. The molecule has 0 heterocycles. The zero-order valence-corrected chi connectivity index (χ0v) is 12.7. The fourth-order valence-electron chi connectivity index (χ4n) is 1.81. The quantitative estimate of drug-likeness (QED) is 0.503. The number of carbonyl (C=O) groups excluding carboxylic acids is 1. The van der Waals surface area contributed by atoms with Crippen LogP contribution in [0.2, 0.25) is 0 Å². The van der Waals surface area contributed by atoms with Gasteiger partial charge < -0.3 is 11.1 Å². The van der Waals surface area contributed by atoms with Gasteiger partial charge in [0.15, 0.2) is 0 Å². The number of aryl methyl sites for hydroxylation is 1. The molecule has 3 N–H and O–H groups in total. The topological polar surface area (TPSA) is 98.3 Å². The second-order valence-corrected chi connectivity index (χ2v) is 5.36. The molecule has 7 heteroatoms. The van der Waals surface area contributed by atoms with E-state index in [-0.39, 0.29) is 16.9 Å². The van der Waals surface area contributed by atoms with Crippen LogP contribution >= 0.6 is 15.9 Å². The maximum atomic E-state index is 12.2. The molecular weight excluding hydrogens is 338 g/mol. The summed E-state index contributed by atoms with van der Waals surface area (Å²) in [4.78, 5) is 22.4. The number of benzene rings is 2. The zero-order valence-electron chi connectivity index (χ0n) is 11.1. The van der Waals surface area contributed by atoms with Crippen LogP contribution in [-0.4, -0.2) is 10.8 Å². The van der Waals surface area contributed by atoms with Crippen LogP contribution in [0.1, 0.15) is 15.9 Å². The summed E-state index contributed by atoms with van der Waals surface area (Å²) in [6.07, 6.45) is 0. The Bertz CT molecular complexity index is 731. The van der Waals surface area contributed by atoms with Gasteiger partial charge >= 0.3 is 0 Å². The lowest BCUT2D eigenvalue weighted by Gasteiger charge is -2.10. The van der Waals surface area contributed by atoms with Crippen LogP contribution in [0.5, 0.6) is 0 Å². The number of non-ortho nitro benzene ring substituents is 1. The van der Waals surface area contributed by atoms with Gasteiger partial charge in [-0.25, -0.2) is 0 Å². The van der Waals surface area contributed by atoms with E-state index in [1.807, 2.05) is 13.0 Å². The summed E-state index contributed by atoms with van der Waals surface area (Å²) < 4.78 is 0.896. The highest BCUT2D eigenvalue weighted by atomic mass is 79.9. The van der Waals surface area contributed by atoms with Crippen molar-refractivity contribution in [2.45, 2.75) is 6.92 Å². The summed E-state index contributed by atoms with van der Waals surface area (Å²) in [5.41, 5.74) is 7.28. The Labute approximate surface area is 129 Å². The monoisotopic (exact) mass is 349 g/mol. The molecule has 0 saturated heterocycles. The fraction of sp³-hybridized carbons (Fsp3) is 0.0714. The normalized spacial score (nSPS) is 10.2. The number of rotatable bonds is 3. The first-order valence-corrected chi connectivity index (χ1v) is 6.79. The Balaban J connectivity index is 2.32. The first-order valence-electron chi connectivity index (χ1n) is 6.00. The van der Waals surface area contributed by atoms with Crippen LogP contribution in [0.3, 0.4) is 0 Å². The highest BCUT2D eigenvalue weighted by molar-refractivity contribution is 9.10. The van der Waals surface area contributed by atoms with Crippen molar-refractivity contribution in [1.82, 2.24) is 0 Å². The molecule has 0 aliphatic heterocycles. The number of hydrogen-bond donors (Lipinski definition) is 2. The maximum absolute atomic E-state index is 12.2. The third-order valence-corrected chi connectivity index (χ3v) is 3.42.